The maximum absolute atomic E-state index is 12.6. The largest absolute Gasteiger partial charge is 0.350 e. The van der Waals surface area contributed by atoms with Crippen molar-refractivity contribution in [2.24, 2.45) is 7.05 Å². The minimum absolute atomic E-state index is 0.148. The van der Waals surface area contributed by atoms with E-state index in [1.165, 1.54) is 12.4 Å². The summed E-state index contributed by atoms with van der Waals surface area (Å²) >= 11 is 5.82. The minimum atomic E-state index is -0.148. The number of benzene rings is 1. The van der Waals surface area contributed by atoms with Crippen LogP contribution in [0.2, 0.25) is 5.15 Å². The molecule has 0 spiro atoms. The molecule has 0 amide bonds. The van der Waals surface area contributed by atoms with Crippen LogP contribution in [0.15, 0.2) is 36.8 Å². The van der Waals surface area contributed by atoms with Gasteiger partial charge in [-0.2, -0.15) is 0 Å². The van der Waals surface area contributed by atoms with Crippen molar-refractivity contribution in [1.82, 2.24) is 14.5 Å². The summed E-state index contributed by atoms with van der Waals surface area (Å²) in [6.45, 7) is 2.00. The third kappa shape index (κ3) is 2.08. The molecule has 20 heavy (non-hydrogen) atoms. The van der Waals surface area contributed by atoms with E-state index in [9.17, 15) is 4.79 Å². The Morgan fingerprint density at radius 2 is 2.05 bits per heavy atom. The number of rotatable bonds is 2. The normalized spacial score (nSPS) is 10.9. The smallest absolute Gasteiger partial charge is 0.213 e. The van der Waals surface area contributed by atoms with Crippen molar-refractivity contribution in [3.63, 3.8) is 0 Å². The molecule has 0 aliphatic heterocycles. The predicted molar refractivity (Wildman–Crippen MR) is 78.1 cm³/mol. The van der Waals surface area contributed by atoms with Gasteiger partial charge in [0.1, 0.15) is 17.2 Å². The van der Waals surface area contributed by atoms with Crippen LogP contribution >= 0.6 is 11.6 Å². The van der Waals surface area contributed by atoms with Crippen LogP contribution in [-0.2, 0) is 7.05 Å². The van der Waals surface area contributed by atoms with Gasteiger partial charge in [-0.05, 0) is 19.1 Å². The quantitative estimate of drug-likeness (QED) is 0.537. The molecule has 0 aliphatic carbocycles. The minimum Gasteiger partial charge on any atom is -0.350 e. The number of aryl methyl sites for hydroxylation is 2. The van der Waals surface area contributed by atoms with Crippen LogP contribution in [0.5, 0.6) is 0 Å². The van der Waals surface area contributed by atoms with E-state index in [0.29, 0.717) is 11.3 Å². The van der Waals surface area contributed by atoms with Gasteiger partial charge < -0.3 is 4.57 Å². The van der Waals surface area contributed by atoms with Crippen molar-refractivity contribution >= 4 is 28.3 Å². The lowest BCUT2D eigenvalue weighted by molar-refractivity contribution is 0.103. The molecule has 3 rings (SSSR count). The number of aromatic nitrogens is 3. The van der Waals surface area contributed by atoms with E-state index in [4.69, 9.17) is 11.6 Å². The van der Waals surface area contributed by atoms with Gasteiger partial charge in [0.05, 0.1) is 0 Å². The van der Waals surface area contributed by atoms with Crippen molar-refractivity contribution in [3.8, 4) is 0 Å². The number of ketones is 1. The van der Waals surface area contributed by atoms with Gasteiger partial charge in [0.25, 0.3) is 0 Å². The van der Waals surface area contributed by atoms with Gasteiger partial charge in [0.15, 0.2) is 0 Å². The molecule has 2 heterocycles. The molecule has 4 nitrogen and oxygen atoms in total. The molecule has 1 aromatic carbocycles. The monoisotopic (exact) mass is 285 g/mol. The topological polar surface area (TPSA) is 47.8 Å². The zero-order valence-corrected chi connectivity index (χ0v) is 11.8. The molecular weight excluding hydrogens is 274 g/mol. The standard InChI is InChI=1S/C15H12ClN3O/c1-9-3-4-13-10(5-9)11(7-19(13)2)15(20)12-6-14(16)18-8-17-12/h3-8H,1-2H3. The highest BCUT2D eigenvalue weighted by Gasteiger charge is 2.17. The zero-order chi connectivity index (χ0) is 14.3. The van der Waals surface area contributed by atoms with E-state index in [1.54, 1.807) is 0 Å². The lowest BCUT2D eigenvalue weighted by atomic mass is 10.1. The fourth-order valence-corrected chi connectivity index (χ4v) is 2.43. The Labute approximate surface area is 121 Å². The highest BCUT2D eigenvalue weighted by molar-refractivity contribution is 6.30. The summed E-state index contributed by atoms with van der Waals surface area (Å²) in [7, 11) is 1.92. The van der Waals surface area contributed by atoms with Crippen LogP contribution in [0.1, 0.15) is 21.6 Å². The Bertz CT molecular complexity index is 823. The Balaban J connectivity index is 2.19. The number of hydrogen-bond acceptors (Lipinski definition) is 3. The fourth-order valence-electron chi connectivity index (χ4n) is 2.28. The third-order valence-corrected chi connectivity index (χ3v) is 3.46. The number of nitrogens with zero attached hydrogens (tertiary/aromatic N) is 3. The van der Waals surface area contributed by atoms with Gasteiger partial charge in [0, 0.05) is 35.8 Å². The lowest BCUT2D eigenvalue weighted by Gasteiger charge is -2.00. The molecule has 0 unspecified atom stereocenters. The Morgan fingerprint density at radius 3 is 2.80 bits per heavy atom. The molecule has 0 saturated carbocycles. The molecular formula is C15H12ClN3O. The van der Waals surface area contributed by atoms with Crippen molar-refractivity contribution < 1.29 is 4.79 Å². The molecule has 2 aromatic heterocycles. The SMILES string of the molecule is Cc1ccc2c(c1)c(C(=O)c1cc(Cl)ncn1)cn2C. The van der Waals surface area contributed by atoms with Crippen molar-refractivity contribution in [1.29, 1.82) is 0 Å². The molecule has 0 aliphatic rings. The van der Waals surface area contributed by atoms with Crippen LogP contribution < -0.4 is 0 Å². The lowest BCUT2D eigenvalue weighted by Crippen LogP contribution is -2.04. The average molecular weight is 286 g/mol. The first kappa shape index (κ1) is 12.8. The number of hydrogen-bond donors (Lipinski definition) is 0. The summed E-state index contributed by atoms with van der Waals surface area (Å²) in [5, 5.41) is 1.19. The summed E-state index contributed by atoms with van der Waals surface area (Å²) in [5.74, 6) is -0.148. The zero-order valence-electron chi connectivity index (χ0n) is 11.1. The van der Waals surface area contributed by atoms with E-state index >= 15 is 0 Å². The molecule has 0 bridgehead atoms. The van der Waals surface area contributed by atoms with Gasteiger partial charge in [-0.3, -0.25) is 4.79 Å². The van der Waals surface area contributed by atoms with Gasteiger partial charge >= 0.3 is 0 Å². The van der Waals surface area contributed by atoms with Gasteiger partial charge in [0.2, 0.25) is 5.78 Å². The Kier molecular flexibility index (Phi) is 3.03. The molecule has 0 saturated heterocycles. The summed E-state index contributed by atoms with van der Waals surface area (Å²) in [6.07, 6.45) is 3.12. The predicted octanol–water partition coefficient (Wildman–Crippen LogP) is 3.16. The first-order chi connectivity index (χ1) is 9.56. The van der Waals surface area contributed by atoms with Crippen LogP contribution in [-0.4, -0.2) is 20.3 Å². The van der Waals surface area contributed by atoms with E-state index in [-0.39, 0.29) is 10.9 Å². The first-order valence-corrected chi connectivity index (χ1v) is 6.52. The molecule has 0 fully saturated rings. The van der Waals surface area contributed by atoms with Crippen molar-refractivity contribution in [2.75, 3.05) is 0 Å². The van der Waals surface area contributed by atoms with E-state index in [2.05, 4.69) is 9.97 Å². The van der Waals surface area contributed by atoms with Crippen molar-refractivity contribution in [3.05, 3.63) is 58.8 Å². The summed E-state index contributed by atoms with van der Waals surface area (Å²) in [5.41, 5.74) is 3.05. The third-order valence-electron chi connectivity index (χ3n) is 3.26. The Hall–Kier alpha value is -2.20. The highest BCUT2D eigenvalue weighted by atomic mass is 35.5. The fraction of sp³-hybridized carbons (Fsp3) is 0.133. The van der Waals surface area contributed by atoms with E-state index in [0.717, 1.165) is 16.5 Å². The number of carbonyl (C=O) groups excluding carboxylic acids is 1. The molecule has 100 valence electrons. The molecule has 0 N–H and O–H groups in total. The van der Waals surface area contributed by atoms with E-state index in [1.807, 2.05) is 42.9 Å². The molecule has 0 atom stereocenters. The van der Waals surface area contributed by atoms with Crippen LogP contribution in [0.3, 0.4) is 0 Å². The van der Waals surface area contributed by atoms with Gasteiger partial charge in [-0.25, -0.2) is 9.97 Å². The average Bonchev–Trinajstić information content (AvgIpc) is 2.74. The van der Waals surface area contributed by atoms with Crippen LogP contribution in [0.25, 0.3) is 10.9 Å². The number of halogens is 1. The maximum Gasteiger partial charge on any atom is 0.213 e. The van der Waals surface area contributed by atoms with Crippen LogP contribution in [0.4, 0.5) is 0 Å². The summed E-state index contributed by atoms with van der Waals surface area (Å²) < 4.78 is 1.94. The molecule has 0 radical (unpaired) electrons. The second-order valence-electron chi connectivity index (χ2n) is 4.73. The van der Waals surface area contributed by atoms with Crippen molar-refractivity contribution in [2.45, 2.75) is 6.92 Å². The molecule has 3 aromatic rings. The van der Waals surface area contributed by atoms with Gasteiger partial charge in [-0.1, -0.05) is 23.2 Å². The van der Waals surface area contributed by atoms with Crippen LogP contribution in [0, 0.1) is 6.92 Å². The maximum atomic E-state index is 12.6. The van der Waals surface area contributed by atoms with E-state index < -0.39 is 0 Å². The second-order valence-corrected chi connectivity index (χ2v) is 5.12. The number of carbonyl (C=O) groups is 1. The summed E-state index contributed by atoms with van der Waals surface area (Å²) in [6, 6.07) is 7.52. The number of fused-ring (bicyclic) bond motifs is 1. The highest BCUT2D eigenvalue weighted by Crippen LogP contribution is 2.24. The Morgan fingerprint density at radius 1 is 1.25 bits per heavy atom. The second kappa shape index (κ2) is 4.72. The van der Waals surface area contributed by atoms with Gasteiger partial charge in [-0.15, -0.1) is 0 Å². The first-order valence-electron chi connectivity index (χ1n) is 6.14. The summed E-state index contributed by atoms with van der Waals surface area (Å²) in [4.78, 5) is 20.4. The molecule has 5 heteroatoms.